The standard InChI is InChI=1S/C19H18N4O/c24-18(23-12-5-7-15-6-1-2-9-17(15)23)14-22-13-11-21-19(22)16-8-3-4-10-20-16/h1-4,6,8-11,13H,5,7,12,14H2. The van der Waals surface area contributed by atoms with Gasteiger partial charge in [0, 0.05) is 30.8 Å². The summed E-state index contributed by atoms with van der Waals surface area (Å²) in [4.78, 5) is 23.4. The van der Waals surface area contributed by atoms with E-state index in [4.69, 9.17) is 0 Å². The maximum absolute atomic E-state index is 12.9. The van der Waals surface area contributed by atoms with E-state index < -0.39 is 0 Å². The van der Waals surface area contributed by atoms with Crippen molar-refractivity contribution in [2.75, 3.05) is 11.4 Å². The second-order valence-corrected chi connectivity index (χ2v) is 5.87. The van der Waals surface area contributed by atoms with E-state index >= 15 is 0 Å². The van der Waals surface area contributed by atoms with Gasteiger partial charge in [0.1, 0.15) is 12.2 Å². The molecule has 0 aliphatic carbocycles. The molecule has 120 valence electrons. The quantitative estimate of drug-likeness (QED) is 0.746. The lowest BCUT2D eigenvalue weighted by Crippen LogP contribution is -2.37. The molecule has 5 heteroatoms. The molecule has 4 rings (SSSR count). The fourth-order valence-corrected chi connectivity index (χ4v) is 3.19. The lowest BCUT2D eigenvalue weighted by Gasteiger charge is -2.29. The fraction of sp³-hybridized carbons (Fsp3) is 0.211. The van der Waals surface area contributed by atoms with Crippen molar-refractivity contribution in [1.82, 2.24) is 14.5 Å². The van der Waals surface area contributed by atoms with Crippen molar-refractivity contribution in [3.63, 3.8) is 0 Å². The average Bonchev–Trinajstić information content (AvgIpc) is 3.10. The Labute approximate surface area is 140 Å². The number of rotatable bonds is 3. The van der Waals surface area contributed by atoms with Gasteiger partial charge < -0.3 is 9.47 Å². The topological polar surface area (TPSA) is 51.0 Å². The molecule has 0 unspecified atom stereocenters. The van der Waals surface area contributed by atoms with E-state index in [1.54, 1.807) is 12.4 Å². The van der Waals surface area contributed by atoms with Crippen molar-refractivity contribution in [2.45, 2.75) is 19.4 Å². The number of fused-ring (bicyclic) bond motifs is 1. The summed E-state index contributed by atoms with van der Waals surface area (Å²) in [5, 5.41) is 0. The minimum absolute atomic E-state index is 0.0809. The first-order valence-electron chi connectivity index (χ1n) is 8.14. The van der Waals surface area contributed by atoms with E-state index in [-0.39, 0.29) is 12.5 Å². The summed E-state index contributed by atoms with van der Waals surface area (Å²) in [6.07, 6.45) is 7.31. The highest BCUT2D eigenvalue weighted by molar-refractivity contribution is 5.94. The normalized spacial score (nSPS) is 13.6. The molecular formula is C19H18N4O. The van der Waals surface area contributed by atoms with Crippen LogP contribution in [0.15, 0.2) is 61.1 Å². The maximum Gasteiger partial charge on any atom is 0.246 e. The monoisotopic (exact) mass is 318 g/mol. The molecule has 0 spiro atoms. The van der Waals surface area contributed by atoms with E-state index in [0.29, 0.717) is 5.82 Å². The lowest BCUT2D eigenvalue weighted by atomic mass is 10.0. The smallest absolute Gasteiger partial charge is 0.246 e. The van der Waals surface area contributed by atoms with E-state index in [2.05, 4.69) is 16.0 Å². The Kier molecular flexibility index (Phi) is 3.83. The van der Waals surface area contributed by atoms with Crippen LogP contribution in [-0.2, 0) is 17.8 Å². The van der Waals surface area contributed by atoms with Gasteiger partial charge in [0.25, 0.3) is 0 Å². The van der Waals surface area contributed by atoms with Crippen LogP contribution in [0.2, 0.25) is 0 Å². The number of hydrogen-bond acceptors (Lipinski definition) is 3. The summed E-state index contributed by atoms with van der Waals surface area (Å²) < 4.78 is 1.86. The molecule has 5 nitrogen and oxygen atoms in total. The van der Waals surface area contributed by atoms with Gasteiger partial charge in [-0.1, -0.05) is 24.3 Å². The summed E-state index contributed by atoms with van der Waals surface area (Å²) in [5.41, 5.74) is 3.05. The molecular weight excluding hydrogens is 300 g/mol. The van der Waals surface area contributed by atoms with Gasteiger partial charge in [0.15, 0.2) is 5.82 Å². The van der Waals surface area contributed by atoms with Crippen molar-refractivity contribution >= 4 is 11.6 Å². The van der Waals surface area contributed by atoms with Crippen LogP contribution < -0.4 is 4.90 Å². The number of nitrogens with zero attached hydrogens (tertiary/aromatic N) is 4. The molecule has 0 N–H and O–H groups in total. The number of aryl methyl sites for hydroxylation is 1. The van der Waals surface area contributed by atoms with Gasteiger partial charge in [-0.15, -0.1) is 0 Å². The van der Waals surface area contributed by atoms with Crippen molar-refractivity contribution < 1.29 is 4.79 Å². The van der Waals surface area contributed by atoms with Crippen LogP contribution in [0.3, 0.4) is 0 Å². The highest BCUT2D eigenvalue weighted by Gasteiger charge is 2.23. The molecule has 3 aromatic rings. The Bertz CT molecular complexity index is 857. The van der Waals surface area contributed by atoms with Crippen LogP contribution >= 0.6 is 0 Å². The number of anilines is 1. The second kappa shape index (κ2) is 6.28. The van der Waals surface area contributed by atoms with Crippen LogP contribution in [0.4, 0.5) is 5.69 Å². The Hall–Kier alpha value is -2.95. The van der Waals surface area contributed by atoms with Crippen LogP contribution in [0.5, 0.6) is 0 Å². The molecule has 0 saturated heterocycles. The predicted octanol–water partition coefficient (Wildman–Crippen LogP) is 2.92. The van der Waals surface area contributed by atoms with Crippen molar-refractivity contribution in [1.29, 1.82) is 0 Å². The summed E-state index contributed by atoms with van der Waals surface area (Å²) in [6.45, 7) is 1.03. The molecule has 0 bridgehead atoms. The summed E-state index contributed by atoms with van der Waals surface area (Å²) in [5.74, 6) is 0.798. The number of pyridine rings is 1. The van der Waals surface area contributed by atoms with E-state index in [9.17, 15) is 4.79 Å². The zero-order valence-corrected chi connectivity index (χ0v) is 13.3. The SMILES string of the molecule is O=C(Cn1ccnc1-c1ccccn1)N1CCCc2ccccc21. The van der Waals surface area contributed by atoms with Crippen molar-refractivity contribution in [3.8, 4) is 11.5 Å². The molecule has 1 amide bonds. The van der Waals surface area contributed by atoms with Gasteiger partial charge in [0.05, 0.1) is 0 Å². The first-order chi connectivity index (χ1) is 11.8. The first kappa shape index (κ1) is 14.6. The molecule has 0 radical (unpaired) electrons. The minimum Gasteiger partial charge on any atom is -0.320 e. The van der Waals surface area contributed by atoms with Gasteiger partial charge in [-0.25, -0.2) is 4.98 Å². The van der Waals surface area contributed by atoms with Crippen LogP contribution in [-0.4, -0.2) is 27.0 Å². The van der Waals surface area contributed by atoms with E-state index in [1.807, 2.05) is 52.1 Å². The van der Waals surface area contributed by atoms with Crippen molar-refractivity contribution in [2.24, 2.45) is 0 Å². The highest BCUT2D eigenvalue weighted by Crippen LogP contribution is 2.27. The van der Waals surface area contributed by atoms with Gasteiger partial charge in [0.2, 0.25) is 5.91 Å². The van der Waals surface area contributed by atoms with Crippen molar-refractivity contribution in [3.05, 3.63) is 66.6 Å². The van der Waals surface area contributed by atoms with Gasteiger partial charge in [-0.3, -0.25) is 9.78 Å². The number of carbonyl (C=O) groups is 1. The maximum atomic E-state index is 12.9. The van der Waals surface area contributed by atoms with Gasteiger partial charge in [-0.05, 0) is 36.6 Å². The zero-order chi connectivity index (χ0) is 16.4. The number of benzene rings is 1. The highest BCUT2D eigenvalue weighted by atomic mass is 16.2. The number of hydrogen-bond donors (Lipinski definition) is 0. The molecule has 1 aromatic carbocycles. The largest absolute Gasteiger partial charge is 0.320 e. The molecule has 0 saturated carbocycles. The first-order valence-corrected chi connectivity index (χ1v) is 8.14. The average molecular weight is 318 g/mol. The Morgan fingerprint density at radius 2 is 1.92 bits per heavy atom. The zero-order valence-electron chi connectivity index (χ0n) is 13.3. The van der Waals surface area contributed by atoms with Crippen LogP contribution in [0, 0.1) is 0 Å². The second-order valence-electron chi connectivity index (χ2n) is 5.87. The Morgan fingerprint density at radius 1 is 1.04 bits per heavy atom. The molecule has 3 heterocycles. The van der Waals surface area contributed by atoms with Crippen LogP contribution in [0.1, 0.15) is 12.0 Å². The summed E-state index contributed by atoms with van der Waals surface area (Å²) >= 11 is 0. The van der Waals surface area contributed by atoms with Gasteiger partial charge in [-0.2, -0.15) is 0 Å². The minimum atomic E-state index is 0.0809. The number of para-hydroxylation sites is 1. The molecule has 24 heavy (non-hydrogen) atoms. The third kappa shape index (κ3) is 2.69. The van der Waals surface area contributed by atoms with Crippen LogP contribution in [0.25, 0.3) is 11.5 Å². The summed E-state index contributed by atoms with van der Waals surface area (Å²) in [7, 11) is 0. The molecule has 0 fully saturated rings. The fourth-order valence-electron chi connectivity index (χ4n) is 3.19. The number of amides is 1. The number of carbonyl (C=O) groups excluding carboxylic acids is 1. The number of aromatic nitrogens is 3. The Balaban J connectivity index is 1.60. The third-order valence-electron chi connectivity index (χ3n) is 4.33. The molecule has 2 aromatic heterocycles. The van der Waals surface area contributed by atoms with Gasteiger partial charge >= 0.3 is 0 Å². The third-order valence-corrected chi connectivity index (χ3v) is 4.33. The predicted molar refractivity (Wildman–Crippen MR) is 92.6 cm³/mol. The van der Waals surface area contributed by atoms with E-state index in [0.717, 1.165) is 30.8 Å². The molecule has 1 aliphatic heterocycles. The Morgan fingerprint density at radius 3 is 2.79 bits per heavy atom. The molecule has 1 aliphatic rings. The molecule has 0 atom stereocenters. The van der Waals surface area contributed by atoms with E-state index in [1.165, 1.54) is 5.56 Å². The number of imidazole rings is 1. The lowest BCUT2D eigenvalue weighted by molar-refractivity contribution is -0.119. The summed E-state index contributed by atoms with van der Waals surface area (Å²) in [6, 6.07) is 13.8.